The van der Waals surface area contributed by atoms with E-state index in [0.717, 1.165) is 5.69 Å². The zero-order valence-corrected chi connectivity index (χ0v) is 8.63. The standard InChI is InChI=1S/C11H13NO4/c13-9-3-1-2-8(6-9)12-5-4-11(16,7-12)10(14)15/h1-3,6,13,16H,4-5,7H2,(H,14,15). The molecule has 1 saturated heterocycles. The summed E-state index contributed by atoms with van der Waals surface area (Å²) in [5, 5.41) is 27.9. The number of carboxylic acids is 1. The maximum atomic E-state index is 10.8. The molecule has 1 fully saturated rings. The second kappa shape index (κ2) is 3.68. The van der Waals surface area contributed by atoms with E-state index in [-0.39, 0.29) is 18.7 Å². The average molecular weight is 223 g/mol. The van der Waals surface area contributed by atoms with E-state index in [4.69, 9.17) is 5.11 Å². The van der Waals surface area contributed by atoms with Crippen LogP contribution in [0.5, 0.6) is 5.75 Å². The summed E-state index contributed by atoms with van der Waals surface area (Å²) in [4.78, 5) is 12.6. The van der Waals surface area contributed by atoms with Gasteiger partial charge in [0.1, 0.15) is 5.75 Å². The Balaban J connectivity index is 2.18. The summed E-state index contributed by atoms with van der Waals surface area (Å²) in [7, 11) is 0. The van der Waals surface area contributed by atoms with Crippen molar-refractivity contribution in [3.05, 3.63) is 24.3 Å². The summed E-state index contributed by atoms with van der Waals surface area (Å²) in [6.07, 6.45) is 0.192. The number of phenols is 1. The van der Waals surface area contributed by atoms with Crippen LogP contribution < -0.4 is 4.90 Å². The molecule has 0 aliphatic carbocycles. The number of benzene rings is 1. The summed E-state index contributed by atoms with van der Waals surface area (Å²) < 4.78 is 0. The minimum atomic E-state index is -1.68. The Kier molecular flexibility index (Phi) is 2.47. The molecule has 1 heterocycles. The van der Waals surface area contributed by atoms with Crippen molar-refractivity contribution in [1.82, 2.24) is 0 Å². The third-order valence-corrected chi connectivity index (χ3v) is 2.84. The summed E-state index contributed by atoms with van der Waals surface area (Å²) in [5.74, 6) is -1.07. The monoisotopic (exact) mass is 223 g/mol. The number of rotatable bonds is 2. The summed E-state index contributed by atoms with van der Waals surface area (Å²) in [5.41, 5.74) is -0.956. The van der Waals surface area contributed by atoms with E-state index in [1.807, 2.05) is 0 Å². The summed E-state index contributed by atoms with van der Waals surface area (Å²) >= 11 is 0. The molecule has 0 bridgehead atoms. The number of carbonyl (C=O) groups is 1. The van der Waals surface area contributed by atoms with Crippen LogP contribution in [0.1, 0.15) is 6.42 Å². The number of nitrogens with zero attached hydrogens (tertiary/aromatic N) is 1. The van der Waals surface area contributed by atoms with Crippen molar-refractivity contribution in [1.29, 1.82) is 0 Å². The number of β-amino-alcohol motifs (C(OH)–C–C–N with tert-alkyl or cyclic N) is 1. The number of carboxylic acid groups (broad SMARTS) is 1. The van der Waals surface area contributed by atoms with Gasteiger partial charge in [0, 0.05) is 24.7 Å². The maximum Gasteiger partial charge on any atom is 0.337 e. The molecule has 5 heteroatoms. The van der Waals surface area contributed by atoms with Gasteiger partial charge >= 0.3 is 5.97 Å². The van der Waals surface area contributed by atoms with Crippen LogP contribution >= 0.6 is 0 Å². The molecule has 1 aliphatic rings. The Morgan fingerprint density at radius 1 is 1.44 bits per heavy atom. The number of anilines is 1. The Morgan fingerprint density at radius 2 is 2.19 bits per heavy atom. The highest BCUT2D eigenvalue weighted by atomic mass is 16.4. The van der Waals surface area contributed by atoms with Gasteiger partial charge in [-0.3, -0.25) is 0 Å². The number of aliphatic carboxylic acids is 1. The molecular weight excluding hydrogens is 210 g/mol. The fourth-order valence-electron chi connectivity index (χ4n) is 1.88. The van der Waals surface area contributed by atoms with Crippen LogP contribution in [0.3, 0.4) is 0 Å². The van der Waals surface area contributed by atoms with E-state index in [2.05, 4.69) is 0 Å². The van der Waals surface area contributed by atoms with Crippen LogP contribution in [-0.2, 0) is 4.79 Å². The fourth-order valence-corrected chi connectivity index (χ4v) is 1.88. The molecule has 5 nitrogen and oxygen atoms in total. The maximum absolute atomic E-state index is 10.8. The van der Waals surface area contributed by atoms with Crippen LogP contribution in [0.25, 0.3) is 0 Å². The number of hydrogen-bond donors (Lipinski definition) is 3. The van der Waals surface area contributed by atoms with Gasteiger partial charge in [0.25, 0.3) is 0 Å². The first-order valence-electron chi connectivity index (χ1n) is 5.01. The Bertz CT molecular complexity index is 420. The van der Waals surface area contributed by atoms with Gasteiger partial charge in [0.2, 0.25) is 0 Å². The highest BCUT2D eigenvalue weighted by molar-refractivity contribution is 5.79. The molecule has 3 N–H and O–H groups in total. The third-order valence-electron chi connectivity index (χ3n) is 2.84. The minimum absolute atomic E-state index is 0.0474. The highest BCUT2D eigenvalue weighted by Gasteiger charge is 2.43. The lowest BCUT2D eigenvalue weighted by molar-refractivity contribution is -0.156. The zero-order chi connectivity index (χ0) is 11.8. The van der Waals surface area contributed by atoms with Gasteiger partial charge in [0.15, 0.2) is 5.60 Å². The first kappa shape index (κ1) is 10.8. The molecule has 16 heavy (non-hydrogen) atoms. The van der Waals surface area contributed by atoms with E-state index >= 15 is 0 Å². The lowest BCUT2D eigenvalue weighted by atomic mass is 10.0. The number of hydrogen-bond acceptors (Lipinski definition) is 4. The van der Waals surface area contributed by atoms with Gasteiger partial charge in [-0.15, -0.1) is 0 Å². The molecule has 0 radical (unpaired) electrons. The quantitative estimate of drug-likeness (QED) is 0.677. The number of aromatic hydroxyl groups is 1. The van der Waals surface area contributed by atoms with E-state index in [9.17, 15) is 15.0 Å². The molecule has 1 atom stereocenters. The zero-order valence-electron chi connectivity index (χ0n) is 8.63. The number of aliphatic hydroxyl groups is 1. The van der Waals surface area contributed by atoms with Crippen molar-refractivity contribution in [2.45, 2.75) is 12.0 Å². The SMILES string of the molecule is O=C(O)C1(O)CCN(c2cccc(O)c2)C1. The van der Waals surface area contributed by atoms with Gasteiger partial charge in [-0.1, -0.05) is 6.07 Å². The van der Waals surface area contributed by atoms with Crippen molar-refractivity contribution < 1.29 is 20.1 Å². The van der Waals surface area contributed by atoms with Crippen LogP contribution in [0, 0.1) is 0 Å². The normalized spacial score (nSPS) is 24.7. The molecule has 2 rings (SSSR count). The lowest BCUT2D eigenvalue weighted by Gasteiger charge is -2.20. The summed E-state index contributed by atoms with van der Waals surface area (Å²) in [6, 6.07) is 6.55. The first-order chi connectivity index (χ1) is 7.51. The molecular formula is C11H13NO4. The molecule has 0 saturated carbocycles. The molecule has 0 spiro atoms. The van der Waals surface area contributed by atoms with Crippen LogP contribution in [0.2, 0.25) is 0 Å². The largest absolute Gasteiger partial charge is 0.508 e. The van der Waals surface area contributed by atoms with Crippen molar-refractivity contribution in [3.8, 4) is 5.75 Å². The fraction of sp³-hybridized carbons (Fsp3) is 0.364. The molecule has 1 aromatic carbocycles. The van der Waals surface area contributed by atoms with Crippen molar-refractivity contribution in [2.24, 2.45) is 0 Å². The van der Waals surface area contributed by atoms with Gasteiger partial charge in [-0.2, -0.15) is 0 Å². The predicted molar refractivity (Wildman–Crippen MR) is 57.5 cm³/mol. The molecule has 1 aromatic rings. The molecule has 0 amide bonds. The second-order valence-electron chi connectivity index (χ2n) is 4.03. The second-order valence-corrected chi connectivity index (χ2v) is 4.03. The van der Waals surface area contributed by atoms with Gasteiger partial charge in [0.05, 0.1) is 6.54 Å². The Labute approximate surface area is 92.6 Å². The van der Waals surface area contributed by atoms with E-state index in [0.29, 0.717) is 6.54 Å². The van der Waals surface area contributed by atoms with Crippen molar-refractivity contribution >= 4 is 11.7 Å². The minimum Gasteiger partial charge on any atom is -0.508 e. The predicted octanol–water partition coefficient (Wildman–Crippen LogP) is 0.418. The van der Waals surface area contributed by atoms with Crippen molar-refractivity contribution in [3.63, 3.8) is 0 Å². The molecule has 86 valence electrons. The first-order valence-corrected chi connectivity index (χ1v) is 5.01. The highest BCUT2D eigenvalue weighted by Crippen LogP contribution is 2.28. The lowest BCUT2D eigenvalue weighted by Crippen LogP contribution is -2.41. The van der Waals surface area contributed by atoms with Crippen LogP contribution in [0.15, 0.2) is 24.3 Å². The number of phenolic OH excluding ortho intramolecular Hbond substituents is 1. The molecule has 1 unspecified atom stereocenters. The van der Waals surface area contributed by atoms with Crippen LogP contribution in [-0.4, -0.2) is 40.0 Å². The Hall–Kier alpha value is -1.75. The smallest absolute Gasteiger partial charge is 0.337 e. The van der Waals surface area contributed by atoms with Crippen molar-refractivity contribution in [2.75, 3.05) is 18.0 Å². The van der Waals surface area contributed by atoms with E-state index in [1.165, 1.54) is 0 Å². The third kappa shape index (κ3) is 1.81. The summed E-state index contributed by atoms with van der Waals surface area (Å²) in [6.45, 7) is 0.512. The van der Waals surface area contributed by atoms with Gasteiger partial charge in [-0.05, 0) is 12.1 Å². The average Bonchev–Trinajstić information content (AvgIpc) is 2.62. The van der Waals surface area contributed by atoms with Crippen LogP contribution in [0.4, 0.5) is 5.69 Å². The molecule has 1 aliphatic heterocycles. The van der Waals surface area contributed by atoms with E-state index in [1.54, 1.807) is 29.2 Å². The van der Waals surface area contributed by atoms with Gasteiger partial charge < -0.3 is 20.2 Å². The topological polar surface area (TPSA) is 81.0 Å². The Morgan fingerprint density at radius 3 is 2.75 bits per heavy atom. The van der Waals surface area contributed by atoms with E-state index < -0.39 is 11.6 Å². The van der Waals surface area contributed by atoms with Gasteiger partial charge in [-0.25, -0.2) is 4.79 Å². The molecule has 0 aromatic heterocycles.